The molecule has 1 N–H and O–H groups in total. The fraction of sp³-hybridized carbons (Fsp3) is 0.381. The number of hydrogen-bond acceptors (Lipinski definition) is 5. The summed E-state index contributed by atoms with van der Waals surface area (Å²) in [6, 6.07) is 6.33. The fourth-order valence-electron chi connectivity index (χ4n) is 2.96. The van der Waals surface area contributed by atoms with E-state index in [0.29, 0.717) is 17.1 Å². The van der Waals surface area contributed by atoms with E-state index in [1.165, 1.54) is 6.07 Å². The monoisotopic (exact) mass is 399 g/mol. The second-order valence-corrected chi connectivity index (χ2v) is 8.02. The summed E-state index contributed by atoms with van der Waals surface area (Å²) in [4.78, 5) is 22.3. The first-order chi connectivity index (χ1) is 13.5. The topological polar surface area (TPSA) is 72.3 Å². The third-order valence-electron chi connectivity index (χ3n) is 4.51. The Kier molecular flexibility index (Phi) is 5.46. The van der Waals surface area contributed by atoms with Gasteiger partial charge in [-0.15, -0.1) is 0 Å². The molecule has 0 bridgehead atoms. The van der Waals surface area contributed by atoms with Gasteiger partial charge in [0.25, 0.3) is 0 Å². The molecule has 0 spiro atoms. The summed E-state index contributed by atoms with van der Waals surface area (Å²) in [6.45, 7) is 7.15. The lowest BCUT2D eigenvalue weighted by Crippen LogP contribution is -2.34. The normalized spacial score (nSPS) is 12.7. The van der Waals surface area contributed by atoms with Gasteiger partial charge in [0.15, 0.2) is 0 Å². The Balaban J connectivity index is 1.79. The predicted molar refractivity (Wildman–Crippen MR) is 111 cm³/mol. The number of imidazole rings is 1. The summed E-state index contributed by atoms with van der Waals surface area (Å²) >= 11 is 0. The van der Waals surface area contributed by atoms with Gasteiger partial charge in [-0.2, -0.15) is 0 Å². The number of amides is 1. The zero-order chi connectivity index (χ0) is 21.3. The van der Waals surface area contributed by atoms with Crippen molar-refractivity contribution in [3.8, 4) is 0 Å². The molecule has 1 aromatic carbocycles. The first kappa shape index (κ1) is 20.6. The Morgan fingerprint density at radius 2 is 2.00 bits per heavy atom. The Bertz CT molecular complexity index is 1040. The van der Waals surface area contributed by atoms with Gasteiger partial charge in [-0.1, -0.05) is 6.07 Å². The Hall–Kier alpha value is -3.16. The number of rotatable bonds is 4. The average molecular weight is 399 g/mol. The van der Waals surface area contributed by atoms with Gasteiger partial charge in [0, 0.05) is 20.2 Å². The first-order valence-electron chi connectivity index (χ1n) is 9.35. The van der Waals surface area contributed by atoms with Gasteiger partial charge >= 0.3 is 6.09 Å². The number of benzene rings is 1. The molecule has 3 rings (SSSR count). The number of carbonyl (C=O) groups excluding carboxylic acids is 1. The molecule has 2 aromatic heterocycles. The average Bonchev–Trinajstić information content (AvgIpc) is 3.00. The molecule has 29 heavy (non-hydrogen) atoms. The largest absolute Gasteiger partial charge is 0.444 e. The Labute approximate surface area is 169 Å². The first-order valence-corrected chi connectivity index (χ1v) is 9.35. The molecular formula is C21H26FN5O2. The van der Waals surface area contributed by atoms with Crippen LogP contribution in [0.4, 0.5) is 20.7 Å². The minimum atomic E-state index is -0.594. The van der Waals surface area contributed by atoms with Crippen molar-refractivity contribution in [1.29, 1.82) is 0 Å². The van der Waals surface area contributed by atoms with Crippen LogP contribution in [0.5, 0.6) is 0 Å². The van der Waals surface area contributed by atoms with E-state index in [9.17, 15) is 9.18 Å². The van der Waals surface area contributed by atoms with E-state index in [4.69, 9.17) is 4.74 Å². The highest BCUT2D eigenvalue weighted by Gasteiger charge is 2.20. The van der Waals surface area contributed by atoms with Crippen molar-refractivity contribution < 1.29 is 13.9 Å². The predicted octanol–water partition coefficient (Wildman–Crippen LogP) is 4.46. The van der Waals surface area contributed by atoms with Crippen molar-refractivity contribution in [2.75, 3.05) is 11.9 Å². The molecule has 3 aromatic rings. The lowest BCUT2D eigenvalue weighted by atomic mass is 10.1. The van der Waals surface area contributed by atoms with E-state index in [0.717, 1.165) is 11.0 Å². The van der Waals surface area contributed by atoms with E-state index in [-0.39, 0.29) is 0 Å². The summed E-state index contributed by atoms with van der Waals surface area (Å²) in [5.74, 6) is 0.197. The highest BCUT2D eigenvalue weighted by atomic mass is 19.1. The molecule has 0 radical (unpaired) electrons. The summed E-state index contributed by atoms with van der Waals surface area (Å²) in [6.07, 6.45) is 2.84. The number of aryl methyl sites for hydroxylation is 1. The summed E-state index contributed by atoms with van der Waals surface area (Å²) in [5.41, 5.74) is 2.12. The van der Waals surface area contributed by atoms with Crippen LogP contribution in [0.2, 0.25) is 0 Å². The summed E-state index contributed by atoms with van der Waals surface area (Å²) in [7, 11) is 3.65. The molecule has 2 heterocycles. The van der Waals surface area contributed by atoms with Gasteiger partial charge in [0.05, 0.1) is 29.8 Å². The zero-order valence-electron chi connectivity index (χ0n) is 17.5. The number of ether oxygens (including phenoxy) is 1. The van der Waals surface area contributed by atoms with Gasteiger partial charge in [0.2, 0.25) is 0 Å². The highest BCUT2D eigenvalue weighted by molar-refractivity contribution is 5.78. The molecule has 0 aliphatic carbocycles. The van der Waals surface area contributed by atoms with Crippen LogP contribution in [0.25, 0.3) is 11.0 Å². The van der Waals surface area contributed by atoms with Crippen LogP contribution in [-0.4, -0.2) is 33.3 Å². The zero-order valence-corrected chi connectivity index (χ0v) is 17.5. The van der Waals surface area contributed by atoms with Crippen LogP contribution in [-0.2, 0) is 11.8 Å². The highest BCUT2D eigenvalue weighted by Crippen LogP contribution is 2.28. The van der Waals surface area contributed by atoms with Crippen molar-refractivity contribution in [1.82, 2.24) is 19.9 Å². The molecule has 1 amide bonds. The van der Waals surface area contributed by atoms with E-state index in [1.807, 2.05) is 17.7 Å². The fourth-order valence-corrected chi connectivity index (χ4v) is 2.96. The van der Waals surface area contributed by atoms with Gasteiger partial charge in [-0.3, -0.25) is 0 Å². The van der Waals surface area contributed by atoms with Gasteiger partial charge in [-0.25, -0.2) is 19.2 Å². The lowest BCUT2D eigenvalue weighted by molar-refractivity contribution is 0.0508. The van der Waals surface area contributed by atoms with Gasteiger partial charge < -0.3 is 19.5 Å². The molecule has 7 nitrogen and oxygen atoms in total. The quantitative estimate of drug-likeness (QED) is 0.701. The van der Waals surface area contributed by atoms with Crippen molar-refractivity contribution in [3.05, 3.63) is 48.2 Å². The molecule has 0 aliphatic rings. The number of hydrogen-bond donors (Lipinski definition) is 1. The molecule has 0 fully saturated rings. The van der Waals surface area contributed by atoms with Crippen LogP contribution in [0.1, 0.15) is 39.3 Å². The molecule has 8 heteroatoms. The van der Waals surface area contributed by atoms with Crippen molar-refractivity contribution in [2.24, 2.45) is 7.05 Å². The second kappa shape index (κ2) is 7.69. The number of nitrogens with zero attached hydrogens (tertiary/aromatic N) is 4. The Morgan fingerprint density at radius 3 is 2.66 bits per heavy atom. The molecule has 1 atom stereocenters. The van der Waals surface area contributed by atoms with Crippen molar-refractivity contribution >= 4 is 28.6 Å². The van der Waals surface area contributed by atoms with Crippen LogP contribution >= 0.6 is 0 Å². The third-order valence-corrected chi connectivity index (χ3v) is 4.51. The molecule has 0 aliphatic heterocycles. The number of aromatic nitrogens is 3. The molecular weight excluding hydrogens is 373 g/mol. The van der Waals surface area contributed by atoms with Crippen LogP contribution in [0.3, 0.4) is 0 Å². The lowest BCUT2D eigenvalue weighted by Gasteiger charge is -2.23. The van der Waals surface area contributed by atoms with Crippen LogP contribution in [0, 0.1) is 5.82 Å². The molecule has 0 saturated carbocycles. The number of anilines is 2. The van der Waals surface area contributed by atoms with Gasteiger partial charge in [0.1, 0.15) is 22.8 Å². The number of fused-ring (bicyclic) bond motifs is 1. The van der Waals surface area contributed by atoms with Crippen LogP contribution in [0.15, 0.2) is 36.8 Å². The minimum Gasteiger partial charge on any atom is -0.444 e. The van der Waals surface area contributed by atoms with E-state index < -0.39 is 23.6 Å². The van der Waals surface area contributed by atoms with E-state index in [2.05, 4.69) is 15.3 Å². The van der Waals surface area contributed by atoms with Crippen LogP contribution < -0.4 is 10.2 Å². The summed E-state index contributed by atoms with van der Waals surface area (Å²) < 4.78 is 22.0. The smallest absolute Gasteiger partial charge is 0.408 e. The number of nitrogens with one attached hydrogen (secondary N) is 1. The molecule has 0 saturated heterocycles. The van der Waals surface area contributed by atoms with Crippen molar-refractivity contribution in [3.63, 3.8) is 0 Å². The maximum absolute atomic E-state index is 14.9. The molecule has 1 unspecified atom stereocenters. The number of carbonyl (C=O) groups is 1. The van der Waals surface area contributed by atoms with E-state index >= 15 is 0 Å². The Morgan fingerprint density at radius 1 is 1.28 bits per heavy atom. The number of pyridine rings is 1. The third kappa shape index (κ3) is 4.64. The maximum atomic E-state index is 14.9. The summed E-state index contributed by atoms with van der Waals surface area (Å²) in [5, 5.41) is 2.72. The standard InChI is InChI=1S/C21H26FN5O2/c1-13(25-20(28)29-21(2,3)4)14-7-8-17(15(22)9-14)27(6)19-10-18-16(11-23-19)24-12-26(18)5/h7-13H,1-6H3,(H,25,28). The second-order valence-electron chi connectivity index (χ2n) is 8.02. The molecule has 154 valence electrons. The SMILES string of the molecule is CC(NC(=O)OC(C)(C)C)c1ccc(N(C)c2cc3c(cn2)ncn3C)c(F)c1. The van der Waals surface area contributed by atoms with Gasteiger partial charge in [-0.05, 0) is 45.4 Å². The van der Waals surface area contributed by atoms with E-state index in [1.54, 1.807) is 64.3 Å². The number of halogens is 1. The van der Waals surface area contributed by atoms with Crippen molar-refractivity contribution in [2.45, 2.75) is 39.3 Å². The minimum absolute atomic E-state index is 0.382. The number of alkyl carbamates (subject to hydrolysis) is 1. The maximum Gasteiger partial charge on any atom is 0.408 e.